The summed E-state index contributed by atoms with van der Waals surface area (Å²) in [6.07, 6.45) is -0.502. The first-order valence-electron chi connectivity index (χ1n) is 4.05. The Morgan fingerprint density at radius 1 is 1.57 bits per heavy atom. The molecular weight excluding hydrogens is 253 g/mol. The van der Waals surface area contributed by atoms with E-state index in [0.29, 0.717) is 10.0 Å². The summed E-state index contributed by atoms with van der Waals surface area (Å²) in [6.45, 7) is 0.178. The van der Waals surface area contributed by atoms with Crippen molar-refractivity contribution >= 4 is 22.0 Å². The second-order valence-corrected chi connectivity index (χ2v) is 3.88. The maximum absolute atomic E-state index is 13.4. The van der Waals surface area contributed by atoms with E-state index >= 15 is 0 Å². The molecule has 1 aromatic rings. The van der Waals surface area contributed by atoms with Crippen LogP contribution in [0.2, 0.25) is 0 Å². The van der Waals surface area contributed by atoms with E-state index in [1.54, 1.807) is 12.1 Å². The molecule has 1 atom stereocenters. The third kappa shape index (κ3) is 1.72. The van der Waals surface area contributed by atoms with E-state index in [2.05, 4.69) is 26.0 Å². The lowest BCUT2D eigenvalue weighted by atomic mass is 10.1. The number of alkyl carbamates (subject to hydrolysis) is 1. The first kappa shape index (κ1) is 9.45. The Bertz CT molecular complexity index is 383. The number of benzene rings is 1. The fraction of sp³-hybridized carbons (Fsp3) is 0.222. The predicted molar refractivity (Wildman–Crippen MR) is 51.3 cm³/mol. The van der Waals surface area contributed by atoms with Crippen LogP contribution in [-0.2, 0) is 4.74 Å². The summed E-state index contributed by atoms with van der Waals surface area (Å²) >= 11 is 3.16. The van der Waals surface area contributed by atoms with Crippen molar-refractivity contribution in [3.8, 4) is 0 Å². The van der Waals surface area contributed by atoms with Crippen molar-refractivity contribution in [2.45, 2.75) is 6.04 Å². The van der Waals surface area contributed by atoms with Gasteiger partial charge in [-0.15, -0.1) is 0 Å². The average molecular weight is 260 g/mol. The molecule has 1 aromatic carbocycles. The van der Waals surface area contributed by atoms with Gasteiger partial charge in [0.15, 0.2) is 0 Å². The van der Waals surface area contributed by atoms with Gasteiger partial charge in [-0.2, -0.15) is 0 Å². The van der Waals surface area contributed by atoms with Crippen LogP contribution in [0.25, 0.3) is 0 Å². The number of carbonyl (C=O) groups is 1. The zero-order chi connectivity index (χ0) is 10.1. The zero-order valence-electron chi connectivity index (χ0n) is 7.09. The number of cyclic esters (lactones) is 1. The van der Waals surface area contributed by atoms with E-state index in [1.807, 2.05) is 0 Å². The van der Waals surface area contributed by atoms with E-state index in [1.165, 1.54) is 6.07 Å². The Hall–Kier alpha value is -1.10. The van der Waals surface area contributed by atoms with Gasteiger partial charge in [0.1, 0.15) is 12.4 Å². The summed E-state index contributed by atoms with van der Waals surface area (Å²) in [5, 5.41) is 2.51. The molecule has 1 aliphatic heterocycles. The van der Waals surface area contributed by atoms with Crippen LogP contribution in [0.4, 0.5) is 9.18 Å². The van der Waals surface area contributed by atoms with Crippen molar-refractivity contribution in [2.24, 2.45) is 0 Å². The summed E-state index contributed by atoms with van der Waals surface area (Å²) in [4.78, 5) is 10.7. The number of rotatable bonds is 1. The molecule has 1 fully saturated rings. The maximum atomic E-state index is 13.4. The Morgan fingerprint density at radius 3 is 2.93 bits per heavy atom. The van der Waals surface area contributed by atoms with Gasteiger partial charge in [-0.05, 0) is 12.1 Å². The van der Waals surface area contributed by atoms with Gasteiger partial charge in [0.25, 0.3) is 0 Å². The summed E-state index contributed by atoms with van der Waals surface area (Å²) < 4.78 is 18.7. The van der Waals surface area contributed by atoms with Crippen LogP contribution in [0.3, 0.4) is 0 Å². The van der Waals surface area contributed by atoms with E-state index in [-0.39, 0.29) is 18.5 Å². The molecule has 0 radical (unpaired) electrons. The van der Waals surface area contributed by atoms with Gasteiger partial charge < -0.3 is 10.1 Å². The van der Waals surface area contributed by atoms with Crippen molar-refractivity contribution in [3.63, 3.8) is 0 Å². The van der Waals surface area contributed by atoms with Crippen molar-refractivity contribution in [1.82, 2.24) is 5.32 Å². The lowest BCUT2D eigenvalue weighted by Gasteiger charge is -2.08. The largest absolute Gasteiger partial charge is 0.447 e. The zero-order valence-corrected chi connectivity index (χ0v) is 8.67. The maximum Gasteiger partial charge on any atom is 0.407 e. The number of nitrogens with one attached hydrogen (secondary N) is 1. The van der Waals surface area contributed by atoms with Crippen LogP contribution in [0.15, 0.2) is 22.7 Å². The molecular formula is C9H7BrFNO2. The van der Waals surface area contributed by atoms with Crippen molar-refractivity contribution in [2.75, 3.05) is 6.61 Å². The van der Waals surface area contributed by atoms with Gasteiger partial charge in [-0.1, -0.05) is 22.0 Å². The molecule has 14 heavy (non-hydrogen) atoms. The van der Waals surface area contributed by atoms with Crippen molar-refractivity contribution in [3.05, 3.63) is 34.1 Å². The molecule has 0 unspecified atom stereocenters. The van der Waals surface area contributed by atoms with Crippen LogP contribution >= 0.6 is 15.9 Å². The minimum atomic E-state index is -0.502. The highest BCUT2D eigenvalue weighted by Gasteiger charge is 2.25. The summed E-state index contributed by atoms with van der Waals surface area (Å²) in [5.74, 6) is -0.352. The molecule has 0 bridgehead atoms. The van der Waals surface area contributed by atoms with Gasteiger partial charge in [0.2, 0.25) is 0 Å². The van der Waals surface area contributed by atoms with E-state index in [0.717, 1.165) is 0 Å². The number of halogens is 2. The standard InChI is InChI=1S/C9H7BrFNO2/c10-5-1-2-6(7(11)3-5)8-4-14-9(13)12-8/h1-3,8H,4H2,(H,12,13)/t8-/m0/s1. The van der Waals surface area contributed by atoms with Crippen LogP contribution < -0.4 is 5.32 Å². The highest BCUT2D eigenvalue weighted by molar-refractivity contribution is 9.10. The van der Waals surface area contributed by atoms with E-state index in [9.17, 15) is 9.18 Å². The van der Waals surface area contributed by atoms with Crippen LogP contribution in [0, 0.1) is 5.82 Å². The molecule has 1 N–H and O–H groups in total. The van der Waals surface area contributed by atoms with Gasteiger partial charge in [0, 0.05) is 10.0 Å². The topological polar surface area (TPSA) is 38.3 Å². The van der Waals surface area contributed by atoms with Gasteiger partial charge >= 0.3 is 6.09 Å². The van der Waals surface area contributed by atoms with Crippen LogP contribution in [0.5, 0.6) is 0 Å². The molecule has 1 saturated heterocycles. The fourth-order valence-electron chi connectivity index (χ4n) is 1.34. The Labute approximate surface area is 88.4 Å². The summed E-state index contributed by atoms with van der Waals surface area (Å²) in [5.41, 5.74) is 0.444. The lowest BCUT2D eigenvalue weighted by molar-refractivity contribution is 0.177. The number of carbonyl (C=O) groups excluding carboxylic acids is 1. The number of hydrogen-bond donors (Lipinski definition) is 1. The average Bonchev–Trinajstić information content (AvgIpc) is 2.51. The molecule has 0 spiro atoms. The summed E-state index contributed by atoms with van der Waals surface area (Å²) in [6, 6.07) is 4.33. The minimum absolute atomic E-state index is 0.178. The lowest BCUT2D eigenvalue weighted by Crippen LogP contribution is -2.19. The summed E-state index contributed by atoms with van der Waals surface area (Å²) in [7, 11) is 0. The Morgan fingerprint density at radius 2 is 2.36 bits per heavy atom. The van der Waals surface area contributed by atoms with E-state index < -0.39 is 6.09 Å². The molecule has 0 aromatic heterocycles. The molecule has 1 aliphatic rings. The molecule has 5 heteroatoms. The van der Waals surface area contributed by atoms with Crippen molar-refractivity contribution in [1.29, 1.82) is 0 Å². The second-order valence-electron chi connectivity index (χ2n) is 2.96. The predicted octanol–water partition coefficient (Wildman–Crippen LogP) is 2.37. The minimum Gasteiger partial charge on any atom is -0.447 e. The number of ether oxygens (including phenoxy) is 1. The number of hydrogen-bond acceptors (Lipinski definition) is 2. The Balaban J connectivity index is 2.28. The molecule has 1 amide bonds. The molecule has 74 valence electrons. The molecule has 2 rings (SSSR count). The van der Waals surface area contributed by atoms with Gasteiger partial charge in [-0.3, -0.25) is 0 Å². The molecule has 3 nitrogen and oxygen atoms in total. The third-order valence-corrected chi connectivity index (χ3v) is 2.50. The first-order chi connectivity index (χ1) is 6.66. The Kier molecular flexibility index (Phi) is 2.41. The molecule has 0 aliphatic carbocycles. The van der Waals surface area contributed by atoms with Crippen LogP contribution in [0.1, 0.15) is 11.6 Å². The second kappa shape index (κ2) is 3.57. The first-order valence-corrected chi connectivity index (χ1v) is 4.84. The monoisotopic (exact) mass is 259 g/mol. The molecule has 1 heterocycles. The third-order valence-electron chi connectivity index (χ3n) is 2.01. The number of amides is 1. The van der Waals surface area contributed by atoms with Crippen molar-refractivity contribution < 1.29 is 13.9 Å². The van der Waals surface area contributed by atoms with Gasteiger partial charge in [-0.25, -0.2) is 9.18 Å². The molecule has 0 saturated carbocycles. The highest BCUT2D eigenvalue weighted by Crippen LogP contribution is 2.23. The fourth-order valence-corrected chi connectivity index (χ4v) is 1.67. The smallest absolute Gasteiger partial charge is 0.407 e. The highest BCUT2D eigenvalue weighted by atomic mass is 79.9. The van der Waals surface area contributed by atoms with E-state index in [4.69, 9.17) is 0 Å². The van der Waals surface area contributed by atoms with Crippen LogP contribution in [-0.4, -0.2) is 12.7 Å². The van der Waals surface area contributed by atoms with Gasteiger partial charge in [0.05, 0.1) is 6.04 Å². The SMILES string of the molecule is O=C1N[C@H](c2ccc(Br)cc2F)CO1. The quantitative estimate of drug-likeness (QED) is 0.841. The normalized spacial score (nSPS) is 20.4.